The van der Waals surface area contributed by atoms with Crippen LogP contribution in [0.3, 0.4) is 0 Å². The molecule has 3 amide bonds. The number of carbonyl (C=O) groups excluding carboxylic acids is 3. The Morgan fingerprint density at radius 2 is 1.83 bits per heavy atom. The average molecular weight is 408 g/mol. The molecule has 2 aliphatic heterocycles. The van der Waals surface area contributed by atoms with Crippen molar-refractivity contribution in [1.29, 1.82) is 0 Å². The summed E-state index contributed by atoms with van der Waals surface area (Å²) in [6.45, 7) is 5.66. The van der Waals surface area contributed by atoms with Crippen LogP contribution in [0.4, 0.5) is 4.79 Å². The number of urea groups is 1. The average Bonchev–Trinajstić information content (AvgIpc) is 3.31. The van der Waals surface area contributed by atoms with E-state index in [1.807, 2.05) is 12.1 Å². The SMILES string of the molecule is CC[C@H](C)c1ccc(C(=O)CN2C(=O)N[C@@](C)(c3ccc4c(c3)OCO4)C2=O)cc1. The maximum Gasteiger partial charge on any atom is 0.325 e. The molecule has 7 nitrogen and oxygen atoms in total. The Morgan fingerprint density at radius 3 is 2.53 bits per heavy atom. The van der Waals surface area contributed by atoms with E-state index in [1.165, 1.54) is 0 Å². The zero-order valence-corrected chi connectivity index (χ0v) is 17.2. The Bertz CT molecular complexity index is 1020. The topological polar surface area (TPSA) is 84.9 Å². The Labute approximate surface area is 175 Å². The van der Waals surface area contributed by atoms with Crippen molar-refractivity contribution in [2.45, 2.75) is 38.6 Å². The molecule has 1 N–H and O–H groups in total. The summed E-state index contributed by atoms with van der Waals surface area (Å²) in [7, 11) is 0. The number of ketones is 1. The minimum absolute atomic E-state index is 0.117. The predicted molar refractivity (Wildman–Crippen MR) is 110 cm³/mol. The van der Waals surface area contributed by atoms with E-state index in [4.69, 9.17) is 9.47 Å². The number of imide groups is 1. The zero-order valence-electron chi connectivity index (χ0n) is 17.2. The fourth-order valence-electron chi connectivity index (χ4n) is 3.71. The minimum atomic E-state index is -1.28. The normalized spacial score (nSPS) is 21.0. The standard InChI is InChI=1S/C23H24N2O5/c1-4-14(2)15-5-7-16(8-6-15)18(26)12-25-21(27)23(3,24-22(25)28)17-9-10-19-20(11-17)30-13-29-19/h5-11,14H,4,12-13H2,1-3H3,(H,24,28)/t14-,23-/m0/s1. The van der Waals surface area contributed by atoms with Crippen LogP contribution in [0.1, 0.15) is 54.6 Å². The summed E-state index contributed by atoms with van der Waals surface area (Å²) in [6.07, 6.45) is 1.01. The number of nitrogens with one attached hydrogen (secondary N) is 1. The van der Waals surface area contributed by atoms with Crippen LogP contribution in [0.2, 0.25) is 0 Å². The van der Waals surface area contributed by atoms with Gasteiger partial charge >= 0.3 is 6.03 Å². The summed E-state index contributed by atoms with van der Waals surface area (Å²) in [6, 6.07) is 11.8. The van der Waals surface area contributed by atoms with Gasteiger partial charge in [-0.05, 0) is 42.5 Å². The number of ether oxygens (including phenoxy) is 2. The monoisotopic (exact) mass is 408 g/mol. The number of nitrogens with zero attached hydrogens (tertiary/aromatic N) is 1. The molecule has 0 unspecified atom stereocenters. The number of fused-ring (bicyclic) bond motifs is 1. The molecule has 0 saturated carbocycles. The van der Waals surface area contributed by atoms with E-state index in [-0.39, 0.29) is 19.1 Å². The van der Waals surface area contributed by atoms with Crippen LogP contribution in [-0.4, -0.2) is 36.0 Å². The number of hydrogen-bond acceptors (Lipinski definition) is 5. The van der Waals surface area contributed by atoms with Crippen molar-refractivity contribution in [2.24, 2.45) is 0 Å². The minimum Gasteiger partial charge on any atom is -0.454 e. The summed E-state index contributed by atoms with van der Waals surface area (Å²) < 4.78 is 10.7. The molecule has 2 aromatic carbocycles. The van der Waals surface area contributed by atoms with Crippen molar-refractivity contribution < 1.29 is 23.9 Å². The first-order chi connectivity index (χ1) is 14.3. The van der Waals surface area contributed by atoms with Gasteiger partial charge in [-0.1, -0.05) is 44.2 Å². The molecule has 4 rings (SSSR count). The van der Waals surface area contributed by atoms with Crippen molar-refractivity contribution in [2.75, 3.05) is 13.3 Å². The van der Waals surface area contributed by atoms with E-state index in [2.05, 4.69) is 19.2 Å². The van der Waals surface area contributed by atoms with Crippen LogP contribution in [-0.2, 0) is 10.3 Å². The van der Waals surface area contributed by atoms with Gasteiger partial charge in [-0.3, -0.25) is 14.5 Å². The van der Waals surface area contributed by atoms with Gasteiger partial charge in [-0.2, -0.15) is 0 Å². The summed E-state index contributed by atoms with van der Waals surface area (Å²) in [5.41, 5.74) is 0.912. The highest BCUT2D eigenvalue weighted by atomic mass is 16.7. The van der Waals surface area contributed by atoms with Gasteiger partial charge in [-0.15, -0.1) is 0 Å². The number of rotatable bonds is 6. The van der Waals surface area contributed by atoms with Crippen molar-refractivity contribution in [1.82, 2.24) is 10.2 Å². The molecule has 156 valence electrons. The molecule has 1 fully saturated rings. The Kier molecular flexibility index (Phi) is 4.97. The van der Waals surface area contributed by atoms with E-state index < -0.39 is 17.5 Å². The molecule has 0 spiro atoms. The van der Waals surface area contributed by atoms with Crippen LogP contribution in [0, 0.1) is 0 Å². The Hall–Kier alpha value is -3.35. The molecule has 1 saturated heterocycles. The second-order valence-corrected chi connectivity index (χ2v) is 7.87. The number of amides is 3. The van der Waals surface area contributed by atoms with Crippen molar-refractivity contribution in [3.8, 4) is 11.5 Å². The smallest absolute Gasteiger partial charge is 0.325 e. The first-order valence-electron chi connectivity index (χ1n) is 10.0. The van der Waals surface area contributed by atoms with Crippen molar-refractivity contribution in [3.63, 3.8) is 0 Å². The summed E-state index contributed by atoms with van der Waals surface area (Å²) in [5.74, 6) is 0.751. The van der Waals surface area contributed by atoms with Crippen molar-refractivity contribution in [3.05, 3.63) is 59.2 Å². The van der Waals surface area contributed by atoms with Gasteiger partial charge in [0.1, 0.15) is 5.54 Å². The highest BCUT2D eigenvalue weighted by molar-refractivity contribution is 6.11. The fraction of sp³-hybridized carbons (Fsp3) is 0.348. The van der Waals surface area contributed by atoms with Crippen LogP contribution in [0.25, 0.3) is 0 Å². The Balaban J connectivity index is 1.52. The quantitative estimate of drug-likeness (QED) is 0.583. The second-order valence-electron chi connectivity index (χ2n) is 7.87. The van der Waals surface area contributed by atoms with Gasteiger partial charge < -0.3 is 14.8 Å². The molecule has 2 aliphatic rings. The lowest BCUT2D eigenvalue weighted by Crippen LogP contribution is -2.41. The van der Waals surface area contributed by atoms with E-state index in [9.17, 15) is 14.4 Å². The van der Waals surface area contributed by atoms with Crippen LogP contribution >= 0.6 is 0 Å². The molecule has 30 heavy (non-hydrogen) atoms. The molecule has 0 aromatic heterocycles. The largest absolute Gasteiger partial charge is 0.454 e. The molecule has 0 radical (unpaired) electrons. The van der Waals surface area contributed by atoms with Gasteiger partial charge in [-0.25, -0.2) is 4.79 Å². The predicted octanol–water partition coefficient (Wildman–Crippen LogP) is 3.58. The maximum absolute atomic E-state index is 13.1. The molecule has 2 aromatic rings. The van der Waals surface area contributed by atoms with Gasteiger partial charge in [0.15, 0.2) is 17.3 Å². The lowest BCUT2D eigenvalue weighted by Gasteiger charge is -2.22. The van der Waals surface area contributed by atoms with Crippen LogP contribution < -0.4 is 14.8 Å². The molecular formula is C23H24N2O5. The van der Waals surface area contributed by atoms with Gasteiger partial charge in [0.2, 0.25) is 6.79 Å². The number of hydrogen-bond donors (Lipinski definition) is 1. The lowest BCUT2D eigenvalue weighted by molar-refractivity contribution is -0.130. The first-order valence-corrected chi connectivity index (χ1v) is 10.0. The Morgan fingerprint density at radius 1 is 1.13 bits per heavy atom. The highest BCUT2D eigenvalue weighted by Crippen LogP contribution is 2.37. The van der Waals surface area contributed by atoms with Crippen molar-refractivity contribution >= 4 is 17.7 Å². The third-order valence-electron chi connectivity index (χ3n) is 5.94. The second kappa shape index (κ2) is 7.48. The van der Waals surface area contributed by atoms with E-state index in [0.29, 0.717) is 28.5 Å². The molecular weight excluding hydrogens is 384 g/mol. The van der Waals surface area contributed by atoms with Gasteiger partial charge in [0, 0.05) is 5.56 Å². The van der Waals surface area contributed by atoms with E-state index >= 15 is 0 Å². The van der Waals surface area contributed by atoms with Gasteiger partial charge in [0.05, 0.1) is 6.54 Å². The van der Waals surface area contributed by atoms with Crippen LogP contribution in [0.5, 0.6) is 11.5 Å². The maximum atomic E-state index is 13.1. The summed E-state index contributed by atoms with van der Waals surface area (Å²) >= 11 is 0. The van der Waals surface area contributed by atoms with Crippen LogP contribution in [0.15, 0.2) is 42.5 Å². The lowest BCUT2D eigenvalue weighted by atomic mass is 9.91. The molecule has 0 bridgehead atoms. The summed E-state index contributed by atoms with van der Waals surface area (Å²) in [5, 5.41) is 2.71. The van der Waals surface area contributed by atoms with E-state index in [1.54, 1.807) is 37.3 Å². The van der Waals surface area contributed by atoms with Gasteiger partial charge in [0.25, 0.3) is 5.91 Å². The van der Waals surface area contributed by atoms with E-state index in [0.717, 1.165) is 16.9 Å². The third kappa shape index (κ3) is 3.30. The number of benzene rings is 2. The zero-order chi connectivity index (χ0) is 21.5. The molecule has 2 heterocycles. The molecule has 0 aliphatic carbocycles. The molecule has 2 atom stereocenters. The molecule has 7 heteroatoms. The third-order valence-corrected chi connectivity index (χ3v) is 5.94. The number of carbonyl (C=O) groups is 3. The number of Topliss-reactive ketones (excluding diaryl/α,β-unsaturated/α-hetero) is 1. The highest BCUT2D eigenvalue weighted by Gasteiger charge is 2.49. The first kappa shape index (κ1) is 19.9. The fourth-order valence-corrected chi connectivity index (χ4v) is 3.71. The summed E-state index contributed by atoms with van der Waals surface area (Å²) in [4.78, 5) is 39.3.